The monoisotopic (exact) mass is 289 g/mol. The molecule has 1 aromatic carbocycles. The molecule has 0 saturated heterocycles. The van der Waals surface area contributed by atoms with Gasteiger partial charge in [0.2, 0.25) is 10.0 Å². The normalized spacial score (nSPS) is 12.6. The zero-order chi connectivity index (χ0) is 14.5. The molecular weight excluding hydrogens is 269 g/mol. The molecule has 1 rings (SSSR count). The summed E-state index contributed by atoms with van der Waals surface area (Å²) in [5, 5.41) is 10.0. The molecule has 108 valence electrons. The Bertz CT molecular complexity index is 495. The minimum Gasteiger partial charge on any atom is -0.389 e. The molecule has 2 N–H and O–H groups in total. The summed E-state index contributed by atoms with van der Waals surface area (Å²) < 4.78 is 38.8. The summed E-state index contributed by atoms with van der Waals surface area (Å²) in [7, 11) is -3.53. The summed E-state index contributed by atoms with van der Waals surface area (Å²) in [5.74, 6) is -0.628. The van der Waals surface area contributed by atoms with Crippen LogP contribution >= 0.6 is 0 Å². The molecule has 0 bridgehead atoms. The lowest BCUT2D eigenvalue weighted by Gasteiger charge is -2.25. The van der Waals surface area contributed by atoms with Gasteiger partial charge in [-0.05, 0) is 30.5 Å². The SMILES string of the molecule is CCC(O)(CC)CNS(=O)(=O)Cc1ccc(F)cc1. The standard InChI is InChI=1S/C13H20FNO3S/c1-3-13(16,4-2)10-15-19(17,18)9-11-5-7-12(14)8-6-11/h5-8,15-16H,3-4,9-10H2,1-2H3. The fourth-order valence-corrected chi connectivity index (χ4v) is 2.82. The quantitative estimate of drug-likeness (QED) is 0.804. The Morgan fingerprint density at radius 2 is 1.74 bits per heavy atom. The fraction of sp³-hybridized carbons (Fsp3) is 0.538. The van der Waals surface area contributed by atoms with Gasteiger partial charge in [0.15, 0.2) is 0 Å². The van der Waals surface area contributed by atoms with E-state index in [1.165, 1.54) is 24.3 Å². The molecule has 0 fully saturated rings. The number of rotatable bonds is 7. The Morgan fingerprint density at radius 3 is 2.21 bits per heavy atom. The Labute approximate surface area is 113 Å². The largest absolute Gasteiger partial charge is 0.389 e. The van der Waals surface area contributed by atoms with E-state index < -0.39 is 21.4 Å². The molecule has 0 unspecified atom stereocenters. The predicted molar refractivity (Wildman–Crippen MR) is 72.6 cm³/mol. The number of benzene rings is 1. The molecule has 0 atom stereocenters. The van der Waals surface area contributed by atoms with E-state index >= 15 is 0 Å². The van der Waals surface area contributed by atoms with Crippen LogP contribution in [0.4, 0.5) is 4.39 Å². The van der Waals surface area contributed by atoms with Crippen molar-refractivity contribution in [3.8, 4) is 0 Å². The highest BCUT2D eigenvalue weighted by Gasteiger charge is 2.24. The molecule has 0 aliphatic heterocycles. The van der Waals surface area contributed by atoms with Gasteiger partial charge >= 0.3 is 0 Å². The van der Waals surface area contributed by atoms with Crippen LogP contribution in [-0.4, -0.2) is 25.7 Å². The third kappa shape index (κ3) is 5.26. The number of hydrogen-bond acceptors (Lipinski definition) is 3. The average molecular weight is 289 g/mol. The summed E-state index contributed by atoms with van der Waals surface area (Å²) in [6.07, 6.45) is 0.950. The average Bonchev–Trinajstić information content (AvgIpc) is 2.39. The van der Waals surface area contributed by atoms with Crippen molar-refractivity contribution in [1.29, 1.82) is 0 Å². The first kappa shape index (κ1) is 16.1. The highest BCUT2D eigenvalue weighted by atomic mass is 32.2. The first-order valence-electron chi connectivity index (χ1n) is 6.24. The maximum Gasteiger partial charge on any atom is 0.215 e. The van der Waals surface area contributed by atoms with Crippen LogP contribution in [0.15, 0.2) is 24.3 Å². The lowest BCUT2D eigenvalue weighted by Crippen LogP contribution is -2.42. The molecule has 0 spiro atoms. The lowest BCUT2D eigenvalue weighted by molar-refractivity contribution is 0.0377. The van der Waals surface area contributed by atoms with Crippen LogP contribution in [0.25, 0.3) is 0 Å². The smallest absolute Gasteiger partial charge is 0.215 e. The topological polar surface area (TPSA) is 66.4 Å². The first-order valence-corrected chi connectivity index (χ1v) is 7.89. The number of halogens is 1. The molecule has 0 amide bonds. The molecule has 19 heavy (non-hydrogen) atoms. The molecule has 0 radical (unpaired) electrons. The summed E-state index contributed by atoms with van der Waals surface area (Å²) in [6.45, 7) is 3.60. The molecule has 0 aromatic heterocycles. The molecule has 0 aliphatic rings. The van der Waals surface area contributed by atoms with Gasteiger partial charge in [-0.25, -0.2) is 17.5 Å². The molecule has 1 aromatic rings. The van der Waals surface area contributed by atoms with Crippen LogP contribution in [0.5, 0.6) is 0 Å². The van der Waals surface area contributed by atoms with E-state index in [1.54, 1.807) is 13.8 Å². The van der Waals surface area contributed by atoms with Crippen molar-refractivity contribution in [3.63, 3.8) is 0 Å². The molecule has 0 aliphatic carbocycles. The van der Waals surface area contributed by atoms with E-state index in [4.69, 9.17) is 0 Å². The Balaban J connectivity index is 2.64. The van der Waals surface area contributed by atoms with Crippen LogP contribution in [0.3, 0.4) is 0 Å². The number of sulfonamides is 1. The van der Waals surface area contributed by atoms with Crippen molar-refractivity contribution < 1.29 is 17.9 Å². The summed E-state index contributed by atoms with van der Waals surface area (Å²) in [4.78, 5) is 0. The van der Waals surface area contributed by atoms with Crippen LogP contribution in [0, 0.1) is 5.82 Å². The number of hydrogen-bond donors (Lipinski definition) is 2. The van der Waals surface area contributed by atoms with Crippen molar-refractivity contribution in [2.45, 2.75) is 38.0 Å². The molecule has 6 heteroatoms. The van der Waals surface area contributed by atoms with E-state index in [9.17, 15) is 17.9 Å². The van der Waals surface area contributed by atoms with E-state index in [2.05, 4.69) is 4.72 Å². The molecule has 0 heterocycles. The van der Waals surface area contributed by atoms with Gasteiger partial charge in [-0.3, -0.25) is 0 Å². The van der Waals surface area contributed by atoms with Gasteiger partial charge in [0.25, 0.3) is 0 Å². The fourth-order valence-electron chi connectivity index (χ4n) is 1.60. The minimum atomic E-state index is -3.53. The van der Waals surface area contributed by atoms with Crippen LogP contribution in [-0.2, 0) is 15.8 Å². The predicted octanol–water partition coefficient (Wildman–Crippen LogP) is 1.80. The second-order valence-electron chi connectivity index (χ2n) is 4.64. The van der Waals surface area contributed by atoms with E-state index in [-0.39, 0.29) is 12.3 Å². The van der Waals surface area contributed by atoms with Crippen molar-refractivity contribution in [1.82, 2.24) is 4.72 Å². The maximum absolute atomic E-state index is 12.7. The van der Waals surface area contributed by atoms with E-state index in [0.29, 0.717) is 18.4 Å². The molecule has 0 saturated carbocycles. The minimum absolute atomic E-state index is 0.0104. The van der Waals surface area contributed by atoms with Crippen LogP contribution < -0.4 is 4.72 Å². The van der Waals surface area contributed by atoms with Crippen molar-refractivity contribution in [2.75, 3.05) is 6.54 Å². The van der Waals surface area contributed by atoms with Crippen LogP contribution in [0.2, 0.25) is 0 Å². The Kier molecular flexibility index (Phi) is 5.46. The number of aliphatic hydroxyl groups is 1. The van der Waals surface area contributed by atoms with Crippen LogP contribution in [0.1, 0.15) is 32.3 Å². The first-order chi connectivity index (χ1) is 8.80. The lowest BCUT2D eigenvalue weighted by atomic mass is 9.98. The highest BCUT2D eigenvalue weighted by molar-refractivity contribution is 7.88. The Morgan fingerprint density at radius 1 is 1.21 bits per heavy atom. The Hall–Kier alpha value is -0.980. The zero-order valence-corrected chi connectivity index (χ0v) is 12.0. The summed E-state index contributed by atoms with van der Waals surface area (Å²) in [6, 6.07) is 5.30. The van der Waals surface area contributed by atoms with Gasteiger partial charge in [0.05, 0.1) is 11.4 Å². The van der Waals surface area contributed by atoms with Gasteiger partial charge in [-0.2, -0.15) is 0 Å². The second kappa shape index (κ2) is 6.45. The summed E-state index contributed by atoms with van der Waals surface area (Å²) >= 11 is 0. The maximum atomic E-state index is 12.7. The second-order valence-corrected chi connectivity index (χ2v) is 6.44. The van der Waals surface area contributed by atoms with Crippen molar-refractivity contribution in [2.24, 2.45) is 0 Å². The zero-order valence-electron chi connectivity index (χ0n) is 11.2. The summed E-state index contributed by atoms with van der Waals surface area (Å²) in [5.41, 5.74) is -0.513. The van der Waals surface area contributed by atoms with E-state index in [0.717, 1.165) is 0 Å². The number of nitrogens with one attached hydrogen (secondary N) is 1. The van der Waals surface area contributed by atoms with Gasteiger partial charge < -0.3 is 5.11 Å². The molecule has 4 nitrogen and oxygen atoms in total. The van der Waals surface area contributed by atoms with E-state index in [1.807, 2.05) is 0 Å². The third-order valence-corrected chi connectivity index (χ3v) is 4.50. The van der Waals surface area contributed by atoms with Gasteiger partial charge in [-0.1, -0.05) is 26.0 Å². The molecular formula is C13H20FNO3S. The van der Waals surface area contributed by atoms with Crippen molar-refractivity contribution >= 4 is 10.0 Å². The third-order valence-electron chi connectivity index (χ3n) is 3.21. The van der Waals surface area contributed by atoms with Gasteiger partial charge in [-0.15, -0.1) is 0 Å². The van der Waals surface area contributed by atoms with Gasteiger partial charge in [0.1, 0.15) is 5.82 Å². The van der Waals surface area contributed by atoms with Crippen molar-refractivity contribution in [3.05, 3.63) is 35.6 Å². The van der Waals surface area contributed by atoms with Gasteiger partial charge in [0, 0.05) is 6.54 Å². The highest BCUT2D eigenvalue weighted by Crippen LogP contribution is 2.14.